The van der Waals surface area contributed by atoms with Crippen LogP contribution in [0.2, 0.25) is 0 Å². The number of aromatic nitrogens is 2. The molecule has 1 N–H and O–H groups in total. The molecule has 1 aromatic carbocycles. The maximum absolute atomic E-state index is 13.0. The Hall–Kier alpha value is -3.02. The molecule has 5 rings (SSSR count). The highest BCUT2D eigenvalue weighted by atomic mass is 32.1. The average Bonchev–Trinajstić information content (AvgIpc) is 3.46. The molecule has 2 unspecified atom stereocenters. The van der Waals surface area contributed by atoms with Gasteiger partial charge >= 0.3 is 5.91 Å². The van der Waals surface area contributed by atoms with Crippen molar-refractivity contribution in [3.63, 3.8) is 0 Å². The van der Waals surface area contributed by atoms with E-state index < -0.39 is 29.6 Å². The van der Waals surface area contributed by atoms with Crippen molar-refractivity contribution in [1.82, 2.24) is 10.2 Å². The van der Waals surface area contributed by atoms with Gasteiger partial charge in [-0.2, -0.15) is 0 Å². The number of carbonyl (C=O) groups is 2. The van der Waals surface area contributed by atoms with E-state index in [0.29, 0.717) is 30.3 Å². The summed E-state index contributed by atoms with van der Waals surface area (Å²) in [5.74, 6) is -1.88. The largest absolute Gasteiger partial charge is 0.507 e. The van der Waals surface area contributed by atoms with Crippen LogP contribution in [0.25, 0.3) is 5.76 Å². The summed E-state index contributed by atoms with van der Waals surface area (Å²) < 4.78 is 22.7. The number of aliphatic hydroxyl groups excluding tert-OH is 1. The Labute approximate surface area is 181 Å². The molecule has 1 aromatic heterocycles. The fourth-order valence-electron chi connectivity index (χ4n) is 3.91. The van der Waals surface area contributed by atoms with Crippen molar-refractivity contribution in [3.05, 3.63) is 34.8 Å². The minimum Gasteiger partial charge on any atom is -0.507 e. The van der Waals surface area contributed by atoms with E-state index in [1.807, 2.05) is 0 Å². The number of amides is 1. The van der Waals surface area contributed by atoms with E-state index in [9.17, 15) is 14.7 Å². The first-order valence-electron chi connectivity index (χ1n) is 9.65. The van der Waals surface area contributed by atoms with Crippen molar-refractivity contribution >= 4 is 33.9 Å². The number of hydrogen-bond donors (Lipinski definition) is 1. The van der Waals surface area contributed by atoms with Crippen LogP contribution in [0.1, 0.15) is 19.4 Å². The van der Waals surface area contributed by atoms with Gasteiger partial charge in [-0.1, -0.05) is 11.3 Å². The fraction of sp³-hybridized carbons (Fsp3) is 0.400. The first kappa shape index (κ1) is 19.9. The topological polar surface area (TPSA) is 120 Å². The van der Waals surface area contributed by atoms with Crippen molar-refractivity contribution in [2.75, 3.05) is 24.7 Å². The third kappa shape index (κ3) is 3.34. The lowest BCUT2D eigenvalue weighted by Crippen LogP contribution is -2.44. The zero-order valence-electron chi connectivity index (χ0n) is 16.7. The molecule has 0 spiro atoms. The quantitative estimate of drug-likeness (QED) is 0.428. The maximum Gasteiger partial charge on any atom is 0.301 e. The molecule has 0 radical (unpaired) electrons. The zero-order chi connectivity index (χ0) is 21.8. The molecule has 0 aliphatic carbocycles. The number of aliphatic hydroxyl groups is 1. The van der Waals surface area contributed by atoms with Gasteiger partial charge < -0.3 is 24.1 Å². The second-order valence-electron chi connectivity index (χ2n) is 7.66. The van der Waals surface area contributed by atoms with Crippen LogP contribution in [0.15, 0.2) is 29.3 Å². The molecule has 2 aromatic rings. The van der Waals surface area contributed by atoms with E-state index in [4.69, 9.17) is 18.9 Å². The molecular formula is C20H19N3O7S. The SMILES string of the molecule is CC1(C)OCC(C2/C(=C(\O)c3ccc4c(c3)OCCO4)C(=O)C(=O)N2c2nncs2)O1. The number of ketones is 1. The summed E-state index contributed by atoms with van der Waals surface area (Å²) in [6.45, 7) is 4.42. The number of rotatable bonds is 3. The molecule has 162 valence electrons. The van der Waals surface area contributed by atoms with Crippen molar-refractivity contribution in [2.24, 2.45) is 0 Å². The molecule has 0 bridgehead atoms. The molecule has 2 fully saturated rings. The number of nitrogens with zero attached hydrogens (tertiary/aromatic N) is 3. The van der Waals surface area contributed by atoms with Crippen LogP contribution in [0.4, 0.5) is 5.13 Å². The van der Waals surface area contributed by atoms with Gasteiger partial charge in [-0.15, -0.1) is 10.2 Å². The number of Topliss-reactive ketones (excluding diaryl/α,β-unsaturated/α-hetero) is 1. The highest BCUT2D eigenvalue weighted by molar-refractivity contribution is 7.13. The minimum atomic E-state index is -0.928. The predicted octanol–water partition coefficient (Wildman–Crippen LogP) is 1.71. The number of fused-ring (bicyclic) bond motifs is 1. The second kappa shape index (κ2) is 7.29. The Bertz CT molecular complexity index is 1080. The molecule has 4 heterocycles. The molecule has 3 aliphatic rings. The zero-order valence-corrected chi connectivity index (χ0v) is 17.5. The van der Waals surface area contributed by atoms with Gasteiger partial charge in [-0.05, 0) is 32.0 Å². The molecule has 11 heteroatoms. The summed E-state index contributed by atoms with van der Waals surface area (Å²) in [5, 5.41) is 19.1. The molecule has 3 aliphatic heterocycles. The Morgan fingerprint density at radius 3 is 2.68 bits per heavy atom. The van der Waals surface area contributed by atoms with Crippen LogP contribution in [0.3, 0.4) is 0 Å². The first-order chi connectivity index (χ1) is 14.9. The molecule has 10 nitrogen and oxygen atoms in total. The van der Waals surface area contributed by atoms with Crippen LogP contribution in [-0.2, 0) is 19.1 Å². The standard InChI is InChI=1S/C20H19N3O7S/c1-20(2)29-8-13(30-20)15-14(17(25)18(26)23(15)19-22-21-9-31-19)16(24)10-3-4-11-12(7-10)28-6-5-27-11/h3-4,7,9,13,15,24H,5-6,8H2,1-2H3/b16-14+. The van der Waals surface area contributed by atoms with Gasteiger partial charge in [0.05, 0.1) is 12.2 Å². The number of hydrogen-bond acceptors (Lipinski definition) is 10. The Morgan fingerprint density at radius 2 is 2.00 bits per heavy atom. The molecule has 1 amide bonds. The minimum absolute atomic E-state index is 0.0804. The fourth-order valence-corrected chi connectivity index (χ4v) is 4.50. The number of anilines is 1. The van der Waals surface area contributed by atoms with E-state index in [0.717, 1.165) is 11.3 Å². The van der Waals surface area contributed by atoms with Crippen LogP contribution in [0.5, 0.6) is 11.5 Å². The summed E-state index contributed by atoms with van der Waals surface area (Å²) in [6.07, 6.45) is -0.691. The van der Waals surface area contributed by atoms with Crippen molar-refractivity contribution in [1.29, 1.82) is 0 Å². The highest BCUT2D eigenvalue weighted by Gasteiger charge is 2.54. The van der Waals surface area contributed by atoms with E-state index in [2.05, 4.69) is 10.2 Å². The Morgan fingerprint density at radius 1 is 1.23 bits per heavy atom. The summed E-state index contributed by atoms with van der Waals surface area (Å²) in [7, 11) is 0. The summed E-state index contributed by atoms with van der Waals surface area (Å²) in [4.78, 5) is 27.2. The smallest absolute Gasteiger partial charge is 0.301 e. The third-order valence-corrected chi connectivity index (χ3v) is 5.93. The molecular weight excluding hydrogens is 426 g/mol. The lowest BCUT2D eigenvalue weighted by molar-refractivity contribution is -0.140. The van der Waals surface area contributed by atoms with Gasteiger partial charge in [0.25, 0.3) is 5.78 Å². The number of benzene rings is 1. The molecule has 31 heavy (non-hydrogen) atoms. The van der Waals surface area contributed by atoms with Crippen molar-refractivity contribution in [2.45, 2.75) is 31.8 Å². The molecule has 0 saturated carbocycles. The predicted molar refractivity (Wildman–Crippen MR) is 108 cm³/mol. The van der Waals surface area contributed by atoms with Gasteiger partial charge in [0.1, 0.15) is 36.6 Å². The number of ether oxygens (including phenoxy) is 4. The molecule has 2 atom stereocenters. The van der Waals surface area contributed by atoms with Gasteiger partial charge in [0.2, 0.25) is 5.13 Å². The average molecular weight is 445 g/mol. The summed E-state index contributed by atoms with van der Waals surface area (Å²) >= 11 is 1.11. The van der Waals surface area contributed by atoms with Crippen LogP contribution >= 0.6 is 11.3 Å². The van der Waals surface area contributed by atoms with E-state index in [1.165, 1.54) is 10.4 Å². The van der Waals surface area contributed by atoms with Gasteiger partial charge in [-0.25, -0.2) is 0 Å². The van der Waals surface area contributed by atoms with Crippen LogP contribution < -0.4 is 14.4 Å². The first-order valence-corrected chi connectivity index (χ1v) is 10.5. The Balaban J connectivity index is 1.62. The lowest BCUT2D eigenvalue weighted by atomic mass is 9.97. The van der Waals surface area contributed by atoms with Crippen molar-refractivity contribution < 1.29 is 33.6 Å². The van der Waals surface area contributed by atoms with E-state index in [-0.39, 0.29) is 23.1 Å². The third-order valence-electron chi connectivity index (χ3n) is 5.24. The van der Waals surface area contributed by atoms with Crippen molar-refractivity contribution in [3.8, 4) is 11.5 Å². The van der Waals surface area contributed by atoms with E-state index in [1.54, 1.807) is 32.0 Å². The second-order valence-corrected chi connectivity index (χ2v) is 8.47. The van der Waals surface area contributed by atoms with E-state index >= 15 is 0 Å². The maximum atomic E-state index is 13.0. The van der Waals surface area contributed by atoms with Gasteiger partial charge in [0.15, 0.2) is 17.3 Å². The van der Waals surface area contributed by atoms with Gasteiger partial charge in [0, 0.05) is 5.56 Å². The number of carbonyl (C=O) groups excluding carboxylic acids is 2. The lowest BCUT2D eigenvalue weighted by Gasteiger charge is -2.27. The molecule has 2 saturated heterocycles. The normalized spacial score (nSPS) is 26.5. The summed E-state index contributed by atoms with van der Waals surface area (Å²) in [5.41, 5.74) is 1.70. The monoisotopic (exact) mass is 445 g/mol. The summed E-state index contributed by atoms with van der Waals surface area (Å²) in [6, 6.07) is 3.91. The van der Waals surface area contributed by atoms with Crippen LogP contribution in [0, 0.1) is 0 Å². The van der Waals surface area contributed by atoms with Gasteiger partial charge in [-0.3, -0.25) is 14.5 Å². The van der Waals surface area contributed by atoms with Crippen LogP contribution in [-0.4, -0.2) is 64.7 Å². The Kier molecular flexibility index (Phi) is 4.68. The highest BCUT2D eigenvalue weighted by Crippen LogP contribution is 2.40.